The number of amides is 1. The third-order valence-electron chi connectivity index (χ3n) is 3.89. The molecule has 0 aliphatic carbocycles. The number of likely N-dealkylation sites (N-methyl/N-ethyl adjacent to an activating group) is 1. The third-order valence-corrected chi connectivity index (χ3v) is 4.14. The van der Waals surface area contributed by atoms with Gasteiger partial charge in [0.2, 0.25) is 5.91 Å². The molecular formula is C20H26ClIN4O. The second-order valence-corrected chi connectivity index (χ2v) is 6.65. The van der Waals surface area contributed by atoms with Gasteiger partial charge in [-0.05, 0) is 30.2 Å². The van der Waals surface area contributed by atoms with Gasteiger partial charge in [0.25, 0.3) is 0 Å². The molecular weight excluding hydrogens is 475 g/mol. The molecule has 146 valence electrons. The van der Waals surface area contributed by atoms with Crippen LogP contribution in [0.4, 0.5) is 0 Å². The Kier molecular flexibility index (Phi) is 10.2. The van der Waals surface area contributed by atoms with Gasteiger partial charge in [-0.1, -0.05) is 54.1 Å². The fraction of sp³-hybridized carbons (Fsp3) is 0.300. The first-order valence-electron chi connectivity index (χ1n) is 8.50. The minimum atomic E-state index is -0.0154. The predicted octanol–water partition coefficient (Wildman–Crippen LogP) is 3.84. The Morgan fingerprint density at radius 3 is 2.33 bits per heavy atom. The lowest BCUT2D eigenvalue weighted by Gasteiger charge is -2.19. The largest absolute Gasteiger partial charge is 0.350 e. The van der Waals surface area contributed by atoms with E-state index < -0.39 is 0 Å². The lowest BCUT2D eigenvalue weighted by molar-refractivity contribution is -0.127. The lowest BCUT2D eigenvalue weighted by atomic mass is 10.1. The highest BCUT2D eigenvalue weighted by Crippen LogP contribution is 2.12. The van der Waals surface area contributed by atoms with Gasteiger partial charge in [0.15, 0.2) is 5.96 Å². The Balaban J connectivity index is 0.00000364. The third kappa shape index (κ3) is 8.17. The van der Waals surface area contributed by atoms with E-state index in [0.29, 0.717) is 17.5 Å². The van der Waals surface area contributed by atoms with Crippen molar-refractivity contribution in [1.82, 2.24) is 15.5 Å². The molecule has 0 radical (unpaired) electrons. The minimum absolute atomic E-state index is 0. The number of hydrogen-bond acceptors (Lipinski definition) is 2. The van der Waals surface area contributed by atoms with Crippen molar-refractivity contribution in [2.24, 2.45) is 4.99 Å². The van der Waals surface area contributed by atoms with Crippen LogP contribution < -0.4 is 10.6 Å². The van der Waals surface area contributed by atoms with Gasteiger partial charge in [0, 0.05) is 19.1 Å². The molecule has 2 rings (SSSR count). The number of carbonyl (C=O) groups is 1. The molecule has 0 aromatic heterocycles. The van der Waals surface area contributed by atoms with E-state index in [1.165, 1.54) is 0 Å². The molecule has 7 heteroatoms. The molecule has 0 aliphatic rings. The van der Waals surface area contributed by atoms with Gasteiger partial charge in [-0.25, -0.2) is 4.99 Å². The molecule has 0 aliphatic heterocycles. The highest BCUT2D eigenvalue weighted by Gasteiger charge is 2.10. The number of aliphatic imine (C=N–C) groups is 1. The van der Waals surface area contributed by atoms with E-state index in [-0.39, 0.29) is 42.5 Å². The summed E-state index contributed by atoms with van der Waals surface area (Å²) in [5.74, 6) is 0.574. The lowest BCUT2D eigenvalue weighted by Crippen LogP contribution is -2.43. The van der Waals surface area contributed by atoms with E-state index in [2.05, 4.69) is 34.7 Å². The normalized spacial score (nSPS) is 11.9. The zero-order valence-corrected chi connectivity index (χ0v) is 18.9. The van der Waals surface area contributed by atoms with Gasteiger partial charge >= 0.3 is 0 Å². The molecule has 0 saturated heterocycles. The maximum atomic E-state index is 11.9. The van der Waals surface area contributed by atoms with Crippen LogP contribution in [0.5, 0.6) is 0 Å². The number of guanidine groups is 1. The Morgan fingerprint density at radius 1 is 1.11 bits per heavy atom. The van der Waals surface area contributed by atoms with Crippen molar-refractivity contribution in [3.8, 4) is 0 Å². The summed E-state index contributed by atoms with van der Waals surface area (Å²) >= 11 is 5.92. The molecule has 27 heavy (non-hydrogen) atoms. The molecule has 2 aromatic rings. The number of nitrogens with one attached hydrogen (secondary N) is 2. The molecule has 5 nitrogen and oxygen atoms in total. The van der Waals surface area contributed by atoms with Crippen LogP contribution in [0.25, 0.3) is 0 Å². The molecule has 0 fully saturated rings. The summed E-state index contributed by atoms with van der Waals surface area (Å²) < 4.78 is 0. The summed E-state index contributed by atoms with van der Waals surface area (Å²) in [7, 11) is 3.46. The second kappa shape index (κ2) is 11.8. The summed E-state index contributed by atoms with van der Waals surface area (Å²) in [6, 6.07) is 17.7. The molecule has 1 amide bonds. The number of halogens is 2. The highest BCUT2D eigenvalue weighted by atomic mass is 127. The van der Waals surface area contributed by atoms with Gasteiger partial charge in [-0.2, -0.15) is 0 Å². The monoisotopic (exact) mass is 500 g/mol. The molecule has 1 atom stereocenters. The molecule has 0 bridgehead atoms. The van der Waals surface area contributed by atoms with Crippen LogP contribution in [0, 0.1) is 0 Å². The standard InChI is InChI=1S/C20H25ClN4O.HI/c1-15(17-7-5-4-6-8-17)24-20(23-14-19(26)25(2)3)22-13-16-9-11-18(21)12-10-16;/h4-12,15H,13-14H2,1-3H3,(H2,22,23,24);1H. The number of carbonyl (C=O) groups excluding carboxylic acids is 1. The van der Waals surface area contributed by atoms with Crippen LogP contribution in [-0.2, 0) is 11.3 Å². The zero-order chi connectivity index (χ0) is 18.9. The Labute approximate surface area is 183 Å². The van der Waals surface area contributed by atoms with Crippen LogP contribution >= 0.6 is 35.6 Å². The summed E-state index contributed by atoms with van der Waals surface area (Å²) in [5, 5.41) is 7.15. The van der Waals surface area contributed by atoms with E-state index in [0.717, 1.165) is 11.1 Å². The summed E-state index contributed by atoms with van der Waals surface area (Å²) in [6.45, 7) is 2.73. The smallest absolute Gasteiger partial charge is 0.241 e. The predicted molar refractivity (Wildman–Crippen MR) is 123 cm³/mol. The topological polar surface area (TPSA) is 56.7 Å². The van der Waals surface area contributed by atoms with Gasteiger partial charge < -0.3 is 15.5 Å². The average Bonchev–Trinajstić information content (AvgIpc) is 2.65. The summed E-state index contributed by atoms with van der Waals surface area (Å²) in [6.07, 6.45) is 0. The van der Waals surface area contributed by atoms with Gasteiger partial charge in [-0.3, -0.25) is 4.79 Å². The van der Waals surface area contributed by atoms with Gasteiger partial charge in [0.1, 0.15) is 0 Å². The van der Waals surface area contributed by atoms with Crippen molar-refractivity contribution in [3.63, 3.8) is 0 Å². The SMILES string of the molecule is CC(NC(=NCc1ccc(Cl)cc1)NCC(=O)N(C)C)c1ccccc1.I. The highest BCUT2D eigenvalue weighted by molar-refractivity contribution is 14.0. The molecule has 0 heterocycles. The van der Waals surface area contributed by atoms with E-state index in [4.69, 9.17) is 11.6 Å². The first-order valence-corrected chi connectivity index (χ1v) is 8.88. The second-order valence-electron chi connectivity index (χ2n) is 6.21. The van der Waals surface area contributed by atoms with Crippen molar-refractivity contribution < 1.29 is 4.79 Å². The first kappa shape index (κ1) is 23.2. The van der Waals surface area contributed by atoms with Crippen LogP contribution in [0.1, 0.15) is 24.1 Å². The maximum Gasteiger partial charge on any atom is 0.241 e. The number of nitrogens with zero attached hydrogens (tertiary/aromatic N) is 2. The molecule has 2 N–H and O–H groups in total. The molecule has 1 unspecified atom stereocenters. The number of hydrogen-bond donors (Lipinski definition) is 2. The number of rotatable bonds is 6. The Bertz CT molecular complexity index is 735. The van der Waals surface area contributed by atoms with Crippen molar-refractivity contribution in [2.75, 3.05) is 20.6 Å². The minimum Gasteiger partial charge on any atom is -0.350 e. The molecule has 0 spiro atoms. The fourth-order valence-electron chi connectivity index (χ4n) is 2.26. The van der Waals surface area contributed by atoms with Crippen LogP contribution in [-0.4, -0.2) is 37.4 Å². The van der Waals surface area contributed by atoms with Crippen molar-refractivity contribution in [3.05, 3.63) is 70.7 Å². The zero-order valence-electron chi connectivity index (χ0n) is 15.8. The molecule has 2 aromatic carbocycles. The average molecular weight is 501 g/mol. The van der Waals surface area contributed by atoms with E-state index in [1.54, 1.807) is 19.0 Å². The van der Waals surface area contributed by atoms with Crippen molar-refractivity contribution in [2.45, 2.75) is 19.5 Å². The van der Waals surface area contributed by atoms with Gasteiger partial charge in [0.05, 0.1) is 19.1 Å². The van der Waals surface area contributed by atoms with E-state index in [1.807, 2.05) is 42.5 Å². The van der Waals surface area contributed by atoms with Crippen LogP contribution in [0.3, 0.4) is 0 Å². The van der Waals surface area contributed by atoms with Crippen LogP contribution in [0.2, 0.25) is 5.02 Å². The van der Waals surface area contributed by atoms with Crippen molar-refractivity contribution in [1.29, 1.82) is 0 Å². The summed E-state index contributed by atoms with van der Waals surface area (Å²) in [4.78, 5) is 18.0. The van der Waals surface area contributed by atoms with Crippen LogP contribution in [0.15, 0.2) is 59.6 Å². The Hall–Kier alpha value is -1.80. The van der Waals surface area contributed by atoms with E-state index in [9.17, 15) is 4.79 Å². The first-order chi connectivity index (χ1) is 12.5. The maximum absolute atomic E-state index is 11.9. The summed E-state index contributed by atoms with van der Waals surface area (Å²) in [5.41, 5.74) is 2.19. The fourth-order valence-corrected chi connectivity index (χ4v) is 2.39. The quantitative estimate of drug-likeness (QED) is 0.360. The van der Waals surface area contributed by atoms with E-state index >= 15 is 0 Å². The van der Waals surface area contributed by atoms with Crippen molar-refractivity contribution >= 4 is 47.4 Å². The number of benzene rings is 2. The Morgan fingerprint density at radius 2 is 1.74 bits per heavy atom. The molecule has 0 saturated carbocycles. The van der Waals surface area contributed by atoms with Gasteiger partial charge in [-0.15, -0.1) is 24.0 Å².